The Morgan fingerprint density at radius 1 is 1.25 bits per heavy atom. The number of H-pyrrole nitrogens is 1. The van der Waals surface area contributed by atoms with Crippen molar-refractivity contribution in [2.24, 2.45) is 0 Å². The van der Waals surface area contributed by atoms with Gasteiger partial charge in [0.25, 0.3) is 0 Å². The van der Waals surface area contributed by atoms with Crippen LogP contribution in [0.4, 0.5) is 0 Å². The second kappa shape index (κ2) is 5.95. The third kappa shape index (κ3) is 2.73. The molecule has 0 spiro atoms. The summed E-state index contributed by atoms with van der Waals surface area (Å²) >= 11 is 3.55. The number of nitrogens with zero attached hydrogens (tertiary/aromatic N) is 2. The molecular formula is C15H18BrN3O. The zero-order valence-electron chi connectivity index (χ0n) is 11.5. The fourth-order valence-corrected chi connectivity index (χ4v) is 3.18. The molecule has 0 saturated heterocycles. The van der Waals surface area contributed by atoms with Gasteiger partial charge in [-0.15, -0.1) is 0 Å². The molecule has 0 aliphatic heterocycles. The van der Waals surface area contributed by atoms with Gasteiger partial charge in [-0.1, -0.05) is 35.2 Å². The van der Waals surface area contributed by atoms with Crippen LogP contribution >= 0.6 is 15.9 Å². The molecule has 3 rings (SSSR count). The molecule has 106 valence electrons. The van der Waals surface area contributed by atoms with E-state index in [4.69, 9.17) is 4.74 Å². The highest BCUT2D eigenvalue weighted by molar-refractivity contribution is 9.10. The monoisotopic (exact) mass is 335 g/mol. The summed E-state index contributed by atoms with van der Waals surface area (Å²) in [7, 11) is 1.67. The van der Waals surface area contributed by atoms with E-state index in [1.54, 1.807) is 7.11 Å². The van der Waals surface area contributed by atoms with Crippen molar-refractivity contribution in [3.8, 4) is 17.1 Å². The van der Waals surface area contributed by atoms with Gasteiger partial charge in [0.2, 0.25) is 0 Å². The SMILES string of the molecule is COc1ccc(Br)c(-c2n[nH]c(C3CCCCC3)n2)c1. The Bertz CT molecular complexity index is 591. The lowest BCUT2D eigenvalue weighted by molar-refractivity contribution is 0.415. The quantitative estimate of drug-likeness (QED) is 0.910. The minimum atomic E-state index is 0.536. The largest absolute Gasteiger partial charge is 0.497 e. The molecule has 1 aliphatic carbocycles. The smallest absolute Gasteiger partial charge is 0.182 e. The summed E-state index contributed by atoms with van der Waals surface area (Å²) < 4.78 is 6.25. The molecule has 1 fully saturated rings. The van der Waals surface area contributed by atoms with Crippen molar-refractivity contribution in [2.75, 3.05) is 7.11 Å². The average Bonchev–Trinajstić information content (AvgIpc) is 2.98. The lowest BCUT2D eigenvalue weighted by Gasteiger charge is -2.18. The Kier molecular flexibility index (Phi) is 4.05. The first-order valence-electron chi connectivity index (χ1n) is 7.04. The van der Waals surface area contributed by atoms with Crippen molar-refractivity contribution < 1.29 is 4.74 Å². The molecule has 1 N–H and O–H groups in total. The zero-order valence-corrected chi connectivity index (χ0v) is 13.1. The first kappa shape index (κ1) is 13.6. The Labute approximate surface area is 127 Å². The summed E-state index contributed by atoms with van der Waals surface area (Å²) in [6.45, 7) is 0. The van der Waals surface area contributed by atoms with Gasteiger partial charge in [-0.05, 0) is 31.0 Å². The molecule has 0 bridgehead atoms. The van der Waals surface area contributed by atoms with Crippen LogP contribution in [0.1, 0.15) is 43.8 Å². The van der Waals surface area contributed by atoms with Gasteiger partial charge in [0.15, 0.2) is 5.82 Å². The van der Waals surface area contributed by atoms with Gasteiger partial charge >= 0.3 is 0 Å². The van der Waals surface area contributed by atoms with Crippen LogP contribution in [0.25, 0.3) is 11.4 Å². The normalized spacial score (nSPS) is 16.3. The number of hydrogen-bond acceptors (Lipinski definition) is 3. The van der Waals surface area contributed by atoms with Gasteiger partial charge in [-0.25, -0.2) is 4.98 Å². The molecule has 1 aromatic heterocycles. The molecule has 1 saturated carbocycles. The van der Waals surface area contributed by atoms with Crippen LogP contribution in [0, 0.1) is 0 Å². The third-order valence-corrected chi connectivity index (χ3v) is 4.60. The van der Waals surface area contributed by atoms with Crippen molar-refractivity contribution in [1.82, 2.24) is 15.2 Å². The molecular weight excluding hydrogens is 318 g/mol. The van der Waals surface area contributed by atoms with Gasteiger partial charge in [-0.3, -0.25) is 5.10 Å². The van der Waals surface area contributed by atoms with Crippen LogP contribution in [0.5, 0.6) is 5.75 Å². The molecule has 1 aliphatic rings. The molecule has 4 nitrogen and oxygen atoms in total. The van der Waals surface area contributed by atoms with Crippen LogP contribution in [-0.4, -0.2) is 22.3 Å². The van der Waals surface area contributed by atoms with Crippen molar-refractivity contribution >= 4 is 15.9 Å². The van der Waals surface area contributed by atoms with Crippen LogP contribution in [-0.2, 0) is 0 Å². The predicted molar refractivity (Wildman–Crippen MR) is 81.9 cm³/mol. The van der Waals surface area contributed by atoms with E-state index in [0.29, 0.717) is 5.92 Å². The van der Waals surface area contributed by atoms with E-state index in [0.717, 1.165) is 27.4 Å². The van der Waals surface area contributed by atoms with Gasteiger partial charge in [-0.2, -0.15) is 5.10 Å². The van der Waals surface area contributed by atoms with E-state index < -0.39 is 0 Å². The zero-order chi connectivity index (χ0) is 13.9. The predicted octanol–water partition coefficient (Wildman–Crippen LogP) is 4.29. The number of hydrogen-bond donors (Lipinski definition) is 1. The van der Waals surface area contributed by atoms with Gasteiger partial charge < -0.3 is 4.74 Å². The topological polar surface area (TPSA) is 50.8 Å². The number of nitrogens with one attached hydrogen (secondary N) is 1. The van der Waals surface area contributed by atoms with Crippen LogP contribution in [0.2, 0.25) is 0 Å². The Morgan fingerprint density at radius 2 is 2.05 bits per heavy atom. The maximum absolute atomic E-state index is 5.27. The Hall–Kier alpha value is -1.36. The summed E-state index contributed by atoms with van der Waals surface area (Å²) in [5.41, 5.74) is 0.961. The second-order valence-corrected chi connectivity index (χ2v) is 6.08. The molecule has 5 heteroatoms. The first-order chi connectivity index (χ1) is 9.78. The fourth-order valence-electron chi connectivity index (χ4n) is 2.76. The van der Waals surface area contributed by atoms with Crippen molar-refractivity contribution in [3.63, 3.8) is 0 Å². The number of halogens is 1. The second-order valence-electron chi connectivity index (χ2n) is 5.22. The number of benzene rings is 1. The minimum absolute atomic E-state index is 0.536. The van der Waals surface area contributed by atoms with E-state index >= 15 is 0 Å². The van der Waals surface area contributed by atoms with Gasteiger partial charge in [0.05, 0.1) is 7.11 Å². The number of ether oxygens (including phenoxy) is 1. The fraction of sp³-hybridized carbons (Fsp3) is 0.467. The lowest BCUT2D eigenvalue weighted by atomic mass is 9.89. The summed E-state index contributed by atoms with van der Waals surface area (Å²) in [5, 5.41) is 7.49. The van der Waals surface area contributed by atoms with Gasteiger partial charge in [0, 0.05) is 16.0 Å². The summed E-state index contributed by atoms with van der Waals surface area (Å²) in [6, 6.07) is 5.84. The number of aromatic nitrogens is 3. The molecule has 0 atom stereocenters. The molecule has 0 amide bonds. The average molecular weight is 336 g/mol. The van der Waals surface area contributed by atoms with Crippen molar-refractivity contribution in [3.05, 3.63) is 28.5 Å². The highest BCUT2D eigenvalue weighted by Gasteiger charge is 2.20. The Morgan fingerprint density at radius 3 is 2.80 bits per heavy atom. The first-order valence-corrected chi connectivity index (χ1v) is 7.83. The Balaban J connectivity index is 1.89. The number of aromatic amines is 1. The van der Waals surface area contributed by atoms with Gasteiger partial charge in [0.1, 0.15) is 11.6 Å². The van der Waals surface area contributed by atoms with Crippen molar-refractivity contribution in [2.45, 2.75) is 38.0 Å². The highest BCUT2D eigenvalue weighted by Crippen LogP contribution is 2.33. The number of rotatable bonds is 3. The standard InChI is InChI=1S/C15H18BrN3O/c1-20-11-7-8-13(16)12(9-11)15-17-14(18-19-15)10-5-3-2-4-6-10/h7-10H,2-6H2,1H3,(H,17,18,19). The molecule has 1 aromatic carbocycles. The highest BCUT2D eigenvalue weighted by atomic mass is 79.9. The van der Waals surface area contributed by atoms with E-state index in [9.17, 15) is 0 Å². The molecule has 0 unspecified atom stereocenters. The maximum atomic E-state index is 5.27. The molecule has 2 aromatic rings. The van der Waals surface area contributed by atoms with E-state index in [2.05, 4.69) is 31.1 Å². The molecule has 0 radical (unpaired) electrons. The minimum Gasteiger partial charge on any atom is -0.497 e. The molecule has 1 heterocycles. The summed E-state index contributed by atoms with van der Waals surface area (Å²) in [5.74, 6) is 3.10. The third-order valence-electron chi connectivity index (χ3n) is 3.91. The van der Waals surface area contributed by atoms with Crippen LogP contribution < -0.4 is 4.74 Å². The van der Waals surface area contributed by atoms with Crippen LogP contribution in [0.15, 0.2) is 22.7 Å². The maximum Gasteiger partial charge on any atom is 0.182 e. The number of methoxy groups -OCH3 is 1. The van der Waals surface area contributed by atoms with E-state index in [1.165, 1.54) is 32.1 Å². The van der Waals surface area contributed by atoms with Crippen LogP contribution in [0.3, 0.4) is 0 Å². The van der Waals surface area contributed by atoms with E-state index in [-0.39, 0.29) is 0 Å². The summed E-state index contributed by atoms with van der Waals surface area (Å²) in [6.07, 6.45) is 6.37. The lowest BCUT2D eigenvalue weighted by Crippen LogP contribution is -2.06. The molecule has 20 heavy (non-hydrogen) atoms. The summed E-state index contributed by atoms with van der Waals surface area (Å²) in [4.78, 5) is 4.69. The van der Waals surface area contributed by atoms with E-state index in [1.807, 2.05) is 18.2 Å². The van der Waals surface area contributed by atoms with Crippen molar-refractivity contribution in [1.29, 1.82) is 0 Å².